The number of ether oxygens (including phenoxy) is 1. The Morgan fingerprint density at radius 2 is 1.81 bits per heavy atom. The van der Waals surface area contributed by atoms with Gasteiger partial charge in [-0.15, -0.1) is 0 Å². The lowest BCUT2D eigenvalue weighted by Gasteiger charge is -2.12. The van der Waals surface area contributed by atoms with Crippen LogP contribution in [-0.2, 0) is 0 Å². The maximum absolute atomic E-state index is 12.1. The second kappa shape index (κ2) is 7.33. The summed E-state index contributed by atoms with van der Waals surface area (Å²) in [4.78, 5) is 12.1. The third-order valence-corrected chi connectivity index (χ3v) is 3.08. The van der Waals surface area contributed by atoms with E-state index in [0.29, 0.717) is 12.1 Å². The van der Waals surface area contributed by atoms with E-state index in [-0.39, 0.29) is 5.91 Å². The Kier molecular flexibility index (Phi) is 5.21. The van der Waals surface area contributed by atoms with Gasteiger partial charge in [0.25, 0.3) is 5.91 Å². The number of carbonyl (C=O) groups is 1. The van der Waals surface area contributed by atoms with Gasteiger partial charge in [-0.1, -0.05) is 19.1 Å². The first-order chi connectivity index (χ1) is 10.2. The first-order valence-electron chi connectivity index (χ1n) is 7.03. The van der Waals surface area contributed by atoms with Crippen LogP contribution in [0.15, 0.2) is 48.5 Å². The number of rotatable bonds is 6. The average Bonchev–Trinajstić information content (AvgIpc) is 2.54. The van der Waals surface area contributed by atoms with Crippen molar-refractivity contribution in [3.8, 4) is 5.75 Å². The molecule has 0 unspecified atom stereocenters. The summed E-state index contributed by atoms with van der Waals surface area (Å²) in [7, 11) is 1.63. The predicted octanol–water partition coefficient (Wildman–Crippen LogP) is 3.58. The van der Waals surface area contributed by atoms with Gasteiger partial charge in [0.2, 0.25) is 0 Å². The van der Waals surface area contributed by atoms with Crippen molar-refractivity contribution >= 4 is 17.3 Å². The van der Waals surface area contributed by atoms with Crippen molar-refractivity contribution in [2.75, 3.05) is 19.0 Å². The Morgan fingerprint density at radius 3 is 2.48 bits per heavy atom. The number of carbonyl (C=O) groups excluding carboxylic acids is 1. The number of hydrogen-bond donors (Lipinski definition) is 2. The molecular weight excluding hydrogens is 264 g/mol. The summed E-state index contributed by atoms with van der Waals surface area (Å²) >= 11 is 0. The topological polar surface area (TPSA) is 50.4 Å². The number of methoxy groups -OCH3 is 1. The van der Waals surface area contributed by atoms with Crippen LogP contribution in [0.5, 0.6) is 5.75 Å². The molecule has 0 atom stereocenters. The molecular formula is C17H20N2O2. The molecule has 0 heterocycles. The average molecular weight is 284 g/mol. The number of amides is 1. The van der Waals surface area contributed by atoms with Crippen LogP contribution in [0.1, 0.15) is 23.7 Å². The van der Waals surface area contributed by atoms with Crippen LogP contribution in [0.4, 0.5) is 11.4 Å². The zero-order valence-electron chi connectivity index (χ0n) is 12.3. The standard InChI is InChI=1S/C17H20N2O2/c1-3-12-18-17(20)15-6-4-5-7-16(15)19-13-8-10-14(21-2)11-9-13/h4-11,19H,3,12H2,1-2H3,(H,18,20). The lowest BCUT2D eigenvalue weighted by atomic mass is 10.1. The van der Waals surface area contributed by atoms with E-state index in [2.05, 4.69) is 10.6 Å². The highest BCUT2D eigenvalue weighted by atomic mass is 16.5. The van der Waals surface area contributed by atoms with Gasteiger partial charge in [0, 0.05) is 12.2 Å². The van der Waals surface area contributed by atoms with Gasteiger partial charge in [-0.05, 0) is 42.8 Å². The summed E-state index contributed by atoms with van der Waals surface area (Å²) in [6.45, 7) is 2.71. The lowest BCUT2D eigenvalue weighted by molar-refractivity contribution is 0.0954. The molecule has 0 saturated heterocycles. The Balaban J connectivity index is 2.17. The first kappa shape index (κ1) is 14.9. The van der Waals surface area contributed by atoms with Crippen molar-refractivity contribution in [2.45, 2.75) is 13.3 Å². The Morgan fingerprint density at radius 1 is 1.10 bits per heavy atom. The van der Waals surface area contributed by atoms with E-state index in [1.165, 1.54) is 0 Å². The van der Waals surface area contributed by atoms with Crippen LogP contribution in [0, 0.1) is 0 Å². The third kappa shape index (κ3) is 3.99. The van der Waals surface area contributed by atoms with E-state index in [0.717, 1.165) is 23.5 Å². The molecule has 0 spiro atoms. The molecule has 0 bridgehead atoms. The second-order valence-corrected chi connectivity index (χ2v) is 4.65. The number of anilines is 2. The molecule has 4 nitrogen and oxygen atoms in total. The maximum Gasteiger partial charge on any atom is 0.253 e. The van der Waals surface area contributed by atoms with Gasteiger partial charge < -0.3 is 15.4 Å². The maximum atomic E-state index is 12.1. The van der Waals surface area contributed by atoms with Gasteiger partial charge in [-0.3, -0.25) is 4.79 Å². The summed E-state index contributed by atoms with van der Waals surface area (Å²) in [6.07, 6.45) is 0.916. The van der Waals surface area contributed by atoms with Crippen molar-refractivity contribution in [3.05, 3.63) is 54.1 Å². The normalized spacial score (nSPS) is 10.0. The van der Waals surface area contributed by atoms with E-state index in [4.69, 9.17) is 4.74 Å². The quantitative estimate of drug-likeness (QED) is 0.852. The zero-order chi connectivity index (χ0) is 15.1. The minimum absolute atomic E-state index is 0.0616. The highest BCUT2D eigenvalue weighted by molar-refractivity contribution is 6.00. The van der Waals surface area contributed by atoms with Gasteiger partial charge in [-0.25, -0.2) is 0 Å². The molecule has 4 heteroatoms. The SMILES string of the molecule is CCCNC(=O)c1ccccc1Nc1ccc(OC)cc1. The molecule has 2 aromatic carbocycles. The minimum atomic E-state index is -0.0616. The molecule has 0 aliphatic rings. The van der Waals surface area contributed by atoms with Crippen molar-refractivity contribution < 1.29 is 9.53 Å². The molecule has 0 aliphatic carbocycles. The van der Waals surface area contributed by atoms with Gasteiger partial charge in [0.1, 0.15) is 5.75 Å². The zero-order valence-corrected chi connectivity index (χ0v) is 12.3. The molecule has 0 radical (unpaired) electrons. The predicted molar refractivity (Wildman–Crippen MR) is 85.3 cm³/mol. The van der Waals surface area contributed by atoms with Crippen LogP contribution in [0.3, 0.4) is 0 Å². The van der Waals surface area contributed by atoms with Gasteiger partial charge in [0.05, 0.1) is 18.4 Å². The molecule has 110 valence electrons. The van der Waals surface area contributed by atoms with Crippen LogP contribution in [0.25, 0.3) is 0 Å². The number of hydrogen-bond acceptors (Lipinski definition) is 3. The molecule has 0 aromatic heterocycles. The van der Waals surface area contributed by atoms with Gasteiger partial charge in [0.15, 0.2) is 0 Å². The van der Waals surface area contributed by atoms with Crippen molar-refractivity contribution in [2.24, 2.45) is 0 Å². The number of nitrogens with one attached hydrogen (secondary N) is 2. The Labute approximate surface area is 125 Å². The molecule has 2 N–H and O–H groups in total. The molecule has 0 aliphatic heterocycles. The van der Waals surface area contributed by atoms with Crippen LogP contribution >= 0.6 is 0 Å². The monoisotopic (exact) mass is 284 g/mol. The molecule has 0 saturated carbocycles. The van der Waals surface area contributed by atoms with Gasteiger partial charge in [-0.2, -0.15) is 0 Å². The second-order valence-electron chi connectivity index (χ2n) is 4.65. The van der Waals surface area contributed by atoms with E-state index in [9.17, 15) is 4.79 Å². The summed E-state index contributed by atoms with van der Waals surface area (Å²) in [5.74, 6) is 0.739. The highest BCUT2D eigenvalue weighted by Crippen LogP contribution is 2.22. The highest BCUT2D eigenvalue weighted by Gasteiger charge is 2.10. The molecule has 0 fully saturated rings. The minimum Gasteiger partial charge on any atom is -0.497 e. The Hall–Kier alpha value is -2.49. The first-order valence-corrected chi connectivity index (χ1v) is 7.03. The summed E-state index contributed by atoms with van der Waals surface area (Å²) < 4.78 is 5.13. The Bertz CT molecular complexity index is 594. The van der Waals surface area contributed by atoms with Crippen molar-refractivity contribution in [3.63, 3.8) is 0 Å². The molecule has 2 aromatic rings. The molecule has 1 amide bonds. The van der Waals surface area contributed by atoms with E-state index in [1.54, 1.807) is 7.11 Å². The fourth-order valence-corrected chi connectivity index (χ4v) is 1.95. The van der Waals surface area contributed by atoms with E-state index < -0.39 is 0 Å². The summed E-state index contributed by atoms with van der Waals surface area (Å²) in [5, 5.41) is 6.16. The fourth-order valence-electron chi connectivity index (χ4n) is 1.95. The number of benzene rings is 2. The molecule has 21 heavy (non-hydrogen) atoms. The smallest absolute Gasteiger partial charge is 0.253 e. The van der Waals surface area contributed by atoms with Crippen molar-refractivity contribution in [1.82, 2.24) is 5.32 Å². The third-order valence-electron chi connectivity index (χ3n) is 3.08. The fraction of sp³-hybridized carbons (Fsp3) is 0.235. The van der Waals surface area contributed by atoms with Crippen LogP contribution in [0.2, 0.25) is 0 Å². The largest absolute Gasteiger partial charge is 0.497 e. The number of para-hydroxylation sites is 1. The molecule has 2 rings (SSSR count). The summed E-state index contributed by atoms with van der Waals surface area (Å²) in [6, 6.07) is 15.1. The van der Waals surface area contributed by atoms with Gasteiger partial charge >= 0.3 is 0 Å². The lowest BCUT2D eigenvalue weighted by Crippen LogP contribution is -2.24. The van der Waals surface area contributed by atoms with E-state index in [1.807, 2.05) is 55.5 Å². The summed E-state index contributed by atoms with van der Waals surface area (Å²) in [5.41, 5.74) is 2.34. The van der Waals surface area contributed by atoms with E-state index >= 15 is 0 Å². The van der Waals surface area contributed by atoms with Crippen LogP contribution in [-0.4, -0.2) is 19.6 Å². The van der Waals surface area contributed by atoms with Crippen molar-refractivity contribution in [1.29, 1.82) is 0 Å². The van der Waals surface area contributed by atoms with Crippen LogP contribution < -0.4 is 15.4 Å².